The molecule has 0 unspecified atom stereocenters. The maximum absolute atomic E-state index is 6.17. The number of likely N-dealkylation sites (tertiary alicyclic amines) is 1. The topological polar surface area (TPSA) is 85.4 Å². The summed E-state index contributed by atoms with van der Waals surface area (Å²) >= 11 is 0. The molecule has 9 heteroatoms. The molecule has 0 spiro atoms. The van der Waals surface area contributed by atoms with Crippen molar-refractivity contribution in [3.05, 3.63) is 29.7 Å². The molecule has 1 aliphatic rings. The third-order valence-corrected chi connectivity index (χ3v) is 5.28. The van der Waals surface area contributed by atoms with Crippen LogP contribution in [0.2, 0.25) is 0 Å². The Morgan fingerprint density at radius 2 is 1.96 bits per heavy atom. The molecule has 0 amide bonds. The number of ether oxygens (including phenoxy) is 1. The summed E-state index contributed by atoms with van der Waals surface area (Å²) < 4.78 is 9.76. The summed E-state index contributed by atoms with van der Waals surface area (Å²) in [6, 6.07) is 2.39. The average Bonchev–Trinajstić information content (AvgIpc) is 3.28. The molecule has 150 valence electrons. The highest BCUT2D eigenvalue weighted by Gasteiger charge is 2.21. The highest BCUT2D eigenvalue weighted by atomic mass is 16.5. The van der Waals surface area contributed by atoms with Crippen LogP contribution in [0.15, 0.2) is 18.5 Å². The fourth-order valence-corrected chi connectivity index (χ4v) is 3.45. The molecule has 1 N–H and O–H groups in total. The number of fused-ring (bicyclic) bond motifs is 1. The molecular weight excluding hydrogens is 356 g/mol. The van der Waals surface area contributed by atoms with Gasteiger partial charge in [-0.15, -0.1) is 0 Å². The highest BCUT2D eigenvalue weighted by molar-refractivity contribution is 5.53. The van der Waals surface area contributed by atoms with E-state index in [1.54, 1.807) is 10.7 Å². The number of nitrogens with one attached hydrogen (secondary N) is 1. The predicted molar refractivity (Wildman–Crippen MR) is 107 cm³/mol. The average molecular weight is 384 g/mol. The number of aryl methyl sites for hydroxylation is 1. The van der Waals surface area contributed by atoms with E-state index in [9.17, 15) is 0 Å². The summed E-state index contributed by atoms with van der Waals surface area (Å²) in [6.07, 6.45) is 5.77. The summed E-state index contributed by atoms with van der Waals surface area (Å²) in [6.45, 7) is 6.93. The summed E-state index contributed by atoms with van der Waals surface area (Å²) in [4.78, 5) is 11.6. The first-order valence-electron chi connectivity index (χ1n) is 9.83. The minimum absolute atomic E-state index is 0.147. The predicted octanol–water partition coefficient (Wildman–Crippen LogP) is 2.07. The maximum atomic E-state index is 6.17. The molecule has 4 rings (SSSR count). The second-order valence-corrected chi connectivity index (χ2v) is 7.74. The zero-order valence-corrected chi connectivity index (χ0v) is 17.0. The first kappa shape index (κ1) is 18.7. The van der Waals surface area contributed by atoms with E-state index in [0.29, 0.717) is 24.4 Å². The van der Waals surface area contributed by atoms with Crippen molar-refractivity contribution >= 4 is 11.6 Å². The van der Waals surface area contributed by atoms with Gasteiger partial charge in [0.25, 0.3) is 0 Å². The van der Waals surface area contributed by atoms with Crippen LogP contribution in [0.4, 0.5) is 5.95 Å². The van der Waals surface area contributed by atoms with Crippen LogP contribution in [-0.4, -0.2) is 60.5 Å². The van der Waals surface area contributed by atoms with E-state index in [2.05, 4.69) is 51.3 Å². The van der Waals surface area contributed by atoms with E-state index < -0.39 is 0 Å². The smallest absolute Gasteiger partial charge is 0.322 e. The maximum Gasteiger partial charge on any atom is 0.322 e. The van der Waals surface area contributed by atoms with Crippen LogP contribution >= 0.6 is 0 Å². The lowest BCUT2D eigenvalue weighted by Crippen LogP contribution is -2.36. The SMILES string of the molecule is CC(C)c1cnn2c(NCc3ccnn3C)nc(OC3CCN(C)CC3)nc12. The van der Waals surface area contributed by atoms with Gasteiger partial charge in [-0.2, -0.15) is 24.7 Å². The standard InChI is InChI=1S/C19H28N8O/c1-13(2)16-12-22-27-17(16)23-19(28-15-6-9-25(3)10-7-15)24-18(27)20-11-14-5-8-21-26(14)4/h5,8,12-13,15H,6-7,9-11H2,1-4H3,(H,20,23,24). The van der Waals surface area contributed by atoms with Crippen LogP contribution in [0.25, 0.3) is 5.65 Å². The molecular formula is C19H28N8O. The molecule has 0 saturated carbocycles. The summed E-state index contributed by atoms with van der Waals surface area (Å²) in [5.41, 5.74) is 2.93. The second-order valence-electron chi connectivity index (χ2n) is 7.74. The van der Waals surface area contributed by atoms with Crippen LogP contribution in [0.1, 0.15) is 43.9 Å². The number of piperidine rings is 1. The molecule has 9 nitrogen and oxygen atoms in total. The van der Waals surface area contributed by atoms with Gasteiger partial charge in [0.1, 0.15) is 6.10 Å². The zero-order chi connectivity index (χ0) is 19.7. The van der Waals surface area contributed by atoms with Gasteiger partial charge in [0.15, 0.2) is 5.65 Å². The number of rotatable bonds is 6. The minimum atomic E-state index is 0.147. The third-order valence-electron chi connectivity index (χ3n) is 5.28. The molecule has 28 heavy (non-hydrogen) atoms. The van der Waals surface area contributed by atoms with Crippen molar-refractivity contribution in [2.24, 2.45) is 7.05 Å². The van der Waals surface area contributed by atoms with Gasteiger partial charge < -0.3 is 15.0 Å². The van der Waals surface area contributed by atoms with Crippen molar-refractivity contribution in [1.29, 1.82) is 0 Å². The monoisotopic (exact) mass is 384 g/mol. The number of aromatic nitrogens is 6. The van der Waals surface area contributed by atoms with Gasteiger partial charge in [0.2, 0.25) is 5.95 Å². The van der Waals surface area contributed by atoms with Crippen LogP contribution in [0.3, 0.4) is 0 Å². The molecule has 0 radical (unpaired) electrons. The Bertz CT molecular complexity index is 939. The molecule has 4 heterocycles. The first-order chi connectivity index (χ1) is 13.5. The van der Waals surface area contributed by atoms with Gasteiger partial charge in [-0.25, -0.2) is 0 Å². The lowest BCUT2D eigenvalue weighted by atomic mass is 10.1. The van der Waals surface area contributed by atoms with Crippen molar-refractivity contribution in [2.45, 2.75) is 45.3 Å². The van der Waals surface area contributed by atoms with E-state index in [-0.39, 0.29) is 6.10 Å². The van der Waals surface area contributed by atoms with E-state index in [0.717, 1.165) is 42.8 Å². The van der Waals surface area contributed by atoms with Crippen molar-refractivity contribution in [3.8, 4) is 6.01 Å². The number of hydrogen-bond acceptors (Lipinski definition) is 7. The van der Waals surface area contributed by atoms with Crippen LogP contribution < -0.4 is 10.1 Å². The molecule has 0 atom stereocenters. The Morgan fingerprint density at radius 3 is 2.64 bits per heavy atom. The van der Waals surface area contributed by atoms with Crippen molar-refractivity contribution in [3.63, 3.8) is 0 Å². The fourth-order valence-electron chi connectivity index (χ4n) is 3.45. The molecule has 0 aliphatic carbocycles. The molecule has 1 saturated heterocycles. The second kappa shape index (κ2) is 7.75. The van der Waals surface area contributed by atoms with E-state index in [1.807, 2.05) is 24.0 Å². The molecule has 3 aromatic heterocycles. The van der Waals surface area contributed by atoms with Gasteiger partial charge in [0.05, 0.1) is 18.4 Å². The summed E-state index contributed by atoms with van der Waals surface area (Å²) in [5.74, 6) is 0.939. The number of anilines is 1. The van der Waals surface area contributed by atoms with Crippen LogP contribution in [-0.2, 0) is 13.6 Å². The van der Waals surface area contributed by atoms with Gasteiger partial charge in [-0.3, -0.25) is 4.68 Å². The van der Waals surface area contributed by atoms with E-state index in [4.69, 9.17) is 4.74 Å². The van der Waals surface area contributed by atoms with Crippen LogP contribution in [0, 0.1) is 0 Å². The van der Waals surface area contributed by atoms with Crippen molar-refractivity contribution < 1.29 is 4.74 Å². The zero-order valence-electron chi connectivity index (χ0n) is 17.0. The minimum Gasteiger partial charge on any atom is -0.460 e. The highest BCUT2D eigenvalue weighted by Crippen LogP contribution is 2.24. The van der Waals surface area contributed by atoms with E-state index in [1.165, 1.54) is 0 Å². The fraction of sp³-hybridized carbons (Fsp3) is 0.579. The largest absolute Gasteiger partial charge is 0.460 e. The summed E-state index contributed by atoms with van der Waals surface area (Å²) in [7, 11) is 4.06. The van der Waals surface area contributed by atoms with Gasteiger partial charge in [-0.1, -0.05) is 13.8 Å². The van der Waals surface area contributed by atoms with Gasteiger partial charge >= 0.3 is 6.01 Å². The Labute approximate surface area is 164 Å². The summed E-state index contributed by atoms with van der Waals surface area (Å²) in [5, 5.41) is 12.1. The van der Waals surface area contributed by atoms with Crippen molar-refractivity contribution in [1.82, 2.24) is 34.3 Å². The molecule has 1 fully saturated rings. The first-order valence-corrected chi connectivity index (χ1v) is 9.83. The van der Waals surface area contributed by atoms with Crippen LogP contribution in [0.5, 0.6) is 6.01 Å². The lowest BCUT2D eigenvalue weighted by molar-refractivity contribution is 0.105. The molecule has 0 bridgehead atoms. The molecule has 0 aromatic carbocycles. The van der Waals surface area contributed by atoms with Gasteiger partial charge in [0, 0.05) is 31.9 Å². The number of nitrogens with zero attached hydrogens (tertiary/aromatic N) is 7. The lowest BCUT2D eigenvalue weighted by Gasteiger charge is -2.28. The normalized spacial score (nSPS) is 16.2. The quantitative estimate of drug-likeness (QED) is 0.696. The third kappa shape index (κ3) is 3.80. The Morgan fingerprint density at radius 1 is 1.18 bits per heavy atom. The van der Waals surface area contributed by atoms with Gasteiger partial charge in [-0.05, 0) is 31.9 Å². The van der Waals surface area contributed by atoms with E-state index >= 15 is 0 Å². The molecule has 1 aliphatic heterocycles. The Balaban J connectivity index is 1.63. The van der Waals surface area contributed by atoms with Crippen molar-refractivity contribution in [2.75, 3.05) is 25.5 Å². The number of hydrogen-bond donors (Lipinski definition) is 1. The Kier molecular flexibility index (Phi) is 5.17. The molecule has 3 aromatic rings. The Hall–Kier alpha value is -2.68.